The fourth-order valence-electron chi connectivity index (χ4n) is 3.92. The lowest BCUT2D eigenvalue weighted by Gasteiger charge is -2.13. The maximum absolute atomic E-state index is 6.37. The number of unbranched alkanes of at least 4 members (excludes halogenated alkanes) is 1. The molecule has 4 nitrogen and oxygen atoms in total. The molecule has 0 saturated carbocycles. The number of nitrogens with zero attached hydrogens (tertiary/aromatic N) is 3. The second-order valence-corrected chi connectivity index (χ2v) is 8.35. The number of hydrogen-bond acceptors (Lipinski definition) is 3. The molecular formula is C26H30N4. The van der Waals surface area contributed by atoms with E-state index in [9.17, 15) is 0 Å². The topological polar surface area (TPSA) is 56.7 Å². The van der Waals surface area contributed by atoms with Gasteiger partial charge in [-0.05, 0) is 29.5 Å². The van der Waals surface area contributed by atoms with Crippen molar-refractivity contribution in [2.45, 2.75) is 46.6 Å². The van der Waals surface area contributed by atoms with Crippen molar-refractivity contribution in [3.8, 4) is 0 Å². The highest BCUT2D eigenvalue weighted by Gasteiger charge is 2.17. The Bertz CT molecular complexity index is 1190. The fraction of sp³-hybridized carbons (Fsp3) is 0.308. The van der Waals surface area contributed by atoms with Gasteiger partial charge in [0.2, 0.25) is 0 Å². The van der Waals surface area contributed by atoms with Crippen molar-refractivity contribution in [2.24, 2.45) is 5.92 Å². The van der Waals surface area contributed by atoms with Crippen LogP contribution in [0.25, 0.3) is 34.1 Å². The molecule has 4 heteroatoms. The average Bonchev–Trinajstić information content (AvgIpc) is 3.10. The Labute approximate surface area is 178 Å². The number of nitrogens with two attached hydrogens (primary N) is 1. The van der Waals surface area contributed by atoms with Crippen LogP contribution < -0.4 is 5.73 Å². The SMILES string of the molecule is CCCCc1nc2c(N)nc3cc(/C=C/c4ccccc4)ccc3c2n1CC(C)C. The normalized spacial score (nSPS) is 12.0. The molecular weight excluding hydrogens is 368 g/mol. The molecule has 0 aliphatic carbocycles. The molecule has 2 heterocycles. The van der Waals surface area contributed by atoms with Gasteiger partial charge in [-0.3, -0.25) is 0 Å². The van der Waals surface area contributed by atoms with Gasteiger partial charge in [0.05, 0.1) is 11.0 Å². The van der Waals surface area contributed by atoms with Crippen LogP contribution in [-0.2, 0) is 13.0 Å². The summed E-state index contributed by atoms with van der Waals surface area (Å²) < 4.78 is 2.37. The van der Waals surface area contributed by atoms with E-state index in [-0.39, 0.29) is 0 Å². The Morgan fingerprint density at radius 3 is 2.50 bits per heavy atom. The summed E-state index contributed by atoms with van der Waals surface area (Å²) in [6.45, 7) is 7.64. The van der Waals surface area contributed by atoms with Gasteiger partial charge in [-0.1, -0.05) is 81.8 Å². The molecule has 2 aromatic carbocycles. The van der Waals surface area contributed by atoms with Gasteiger partial charge in [-0.15, -0.1) is 0 Å². The third-order valence-electron chi connectivity index (χ3n) is 5.38. The molecule has 2 N–H and O–H groups in total. The minimum Gasteiger partial charge on any atom is -0.382 e. The number of rotatable bonds is 7. The van der Waals surface area contributed by atoms with E-state index in [1.54, 1.807) is 0 Å². The molecule has 2 aromatic heterocycles. The molecule has 0 saturated heterocycles. The van der Waals surface area contributed by atoms with Crippen LogP contribution >= 0.6 is 0 Å². The van der Waals surface area contributed by atoms with E-state index in [2.05, 4.69) is 67.8 Å². The number of fused-ring (bicyclic) bond motifs is 3. The molecule has 4 rings (SSSR count). The minimum atomic E-state index is 0.516. The molecule has 0 amide bonds. The summed E-state index contributed by atoms with van der Waals surface area (Å²) in [5.74, 6) is 2.16. The van der Waals surface area contributed by atoms with Crippen molar-refractivity contribution in [3.63, 3.8) is 0 Å². The lowest BCUT2D eigenvalue weighted by Crippen LogP contribution is -2.09. The summed E-state index contributed by atoms with van der Waals surface area (Å²) >= 11 is 0. The quantitative estimate of drug-likeness (QED) is 0.370. The van der Waals surface area contributed by atoms with E-state index in [0.717, 1.165) is 59.1 Å². The Hall–Kier alpha value is -3.14. The molecule has 4 aromatic rings. The van der Waals surface area contributed by atoms with Gasteiger partial charge in [0, 0.05) is 18.4 Å². The van der Waals surface area contributed by atoms with E-state index in [1.807, 2.05) is 18.2 Å². The highest BCUT2D eigenvalue weighted by atomic mass is 15.1. The molecule has 0 aliphatic rings. The van der Waals surface area contributed by atoms with Crippen LogP contribution in [0.1, 0.15) is 50.6 Å². The second kappa shape index (κ2) is 8.70. The fourth-order valence-corrected chi connectivity index (χ4v) is 3.92. The highest BCUT2D eigenvalue weighted by molar-refractivity contribution is 6.07. The van der Waals surface area contributed by atoms with Crippen LogP contribution in [0.15, 0.2) is 48.5 Å². The number of benzene rings is 2. The number of hydrogen-bond donors (Lipinski definition) is 1. The van der Waals surface area contributed by atoms with Crippen LogP contribution in [0.5, 0.6) is 0 Å². The van der Waals surface area contributed by atoms with Crippen LogP contribution in [0.4, 0.5) is 5.82 Å². The van der Waals surface area contributed by atoms with Crippen LogP contribution in [0.3, 0.4) is 0 Å². The smallest absolute Gasteiger partial charge is 0.152 e. The first kappa shape index (κ1) is 20.1. The summed E-state index contributed by atoms with van der Waals surface area (Å²) in [6.07, 6.45) is 7.48. The molecule has 0 unspecified atom stereocenters. The van der Waals surface area contributed by atoms with Gasteiger partial charge in [0.25, 0.3) is 0 Å². The molecule has 30 heavy (non-hydrogen) atoms. The van der Waals surface area contributed by atoms with Gasteiger partial charge < -0.3 is 10.3 Å². The monoisotopic (exact) mass is 398 g/mol. The molecule has 154 valence electrons. The Kier molecular flexibility index (Phi) is 5.84. The number of aryl methyl sites for hydroxylation is 1. The van der Waals surface area contributed by atoms with Gasteiger partial charge in [-0.2, -0.15) is 0 Å². The summed E-state index contributed by atoms with van der Waals surface area (Å²) in [6, 6.07) is 16.7. The van der Waals surface area contributed by atoms with Crippen LogP contribution in [0.2, 0.25) is 0 Å². The van der Waals surface area contributed by atoms with Crippen molar-refractivity contribution in [2.75, 3.05) is 5.73 Å². The zero-order valence-electron chi connectivity index (χ0n) is 18.1. The first-order valence-electron chi connectivity index (χ1n) is 10.9. The summed E-state index contributed by atoms with van der Waals surface area (Å²) in [4.78, 5) is 9.61. The predicted molar refractivity (Wildman–Crippen MR) is 128 cm³/mol. The molecule has 0 radical (unpaired) electrons. The number of imidazole rings is 1. The van der Waals surface area contributed by atoms with Crippen molar-refractivity contribution in [1.29, 1.82) is 0 Å². The lowest BCUT2D eigenvalue weighted by atomic mass is 10.1. The number of anilines is 1. The van der Waals surface area contributed by atoms with E-state index in [4.69, 9.17) is 15.7 Å². The van der Waals surface area contributed by atoms with Crippen molar-refractivity contribution < 1.29 is 0 Å². The van der Waals surface area contributed by atoms with E-state index < -0.39 is 0 Å². The van der Waals surface area contributed by atoms with E-state index in [1.165, 1.54) is 5.56 Å². The first-order chi connectivity index (χ1) is 14.6. The van der Waals surface area contributed by atoms with Crippen LogP contribution in [0, 0.1) is 5.92 Å². The number of nitrogen functional groups attached to an aromatic ring is 1. The summed E-state index contributed by atoms with van der Waals surface area (Å²) in [5.41, 5.74) is 11.5. The van der Waals surface area contributed by atoms with E-state index >= 15 is 0 Å². The third-order valence-corrected chi connectivity index (χ3v) is 5.38. The molecule has 0 aliphatic heterocycles. The third kappa shape index (κ3) is 4.09. The lowest BCUT2D eigenvalue weighted by molar-refractivity contribution is 0.513. The van der Waals surface area contributed by atoms with Crippen molar-refractivity contribution in [1.82, 2.24) is 14.5 Å². The number of pyridine rings is 1. The Morgan fingerprint density at radius 1 is 1.00 bits per heavy atom. The zero-order chi connectivity index (χ0) is 21.1. The Balaban J connectivity index is 1.83. The molecule has 0 atom stereocenters. The second-order valence-electron chi connectivity index (χ2n) is 8.35. The number of aromatic nitrogens is 3. The molecule has 0 spiro atoms. The highest BCUT2D eigenvalue weighted by Crippen LogP contribution is 2.31. The van der Waals surface area contributed by atoms with Gasteiger partial charge >= 0.3 is 0 Å². The standard InChI is InChI=1S/C26H30N4/c1-4-5-11-23-29-24-25(30(23)17-18(2)3)21-15-14-20(16-22(21)28-26(24)27)13-12-19-9-7-6-8-10-19/h6-10,12-16,18H,4-5,11,17H2,1-3H3,(H2,27,28)/b13-12+. The van der Waals surface area contributed by atoms with Gasteiger partial charge in [-0.25, -0.2) is 9.97 Å². The van der Waals surface area contributed by atoms with Crippen molar-refractivity contribution >= 4 is 39.9 Å². The van der Waals surface area contributed by atoms with Crippen molar-refractivity contribution in [3.05, 3.63) is 65.5 Å². The first-order valence-corrected chi connectivity index (χ1v) is 10.9. The zero-order valence-corrected chi connectivity index (χ0v) is 18.1. The maximum Gasteiger partial charge on any atom is 0.152 e. The average molecular weight is 399 g/mol. The summed E-state index contributed by atoms with van der Waals surface area (Å²) in [5, 5.41) is 1.12. The van der Waals surface area contributed by atoms with Gasteiger partial charge in [0.1, 0.15) is 11.3 Å². The molecule has 0 bridgehead atoms. The minimum absolute atomic E-state index is 0.516. The van der Waals surface area contributed by atoms with Gasteiger partial charge in [0.15, 0.2) is 5.82 Å². The predicted octanol–water partition coefficient (Wildman–Crippen LogP) is 6.34. The van der Waals surface area contributed by atoms with E-state index in [0.29, 0.717) is 11.7 Å². The Morgan fingerprint density at radius 2 is 1.77 bits per heavy atom. The molecule has 0 fully saturated rings. The van der Waals surface area contributed by atoms with Crippen LogP contribution in [-0.4, -0.2) is 14.5 Å². The largest absolute Gasteiger partial charge is 0.382 e. The maximum atomic E-state index is 6.37. The summed E-state index contributed by atoms with van der Waals surface area (Å²) in [7, 11) is 0.